The van der Waals surface area contributed by atoms with Crippen LogP contribution in [-0.2, 0) is 6.42 Å². The van der Waals surface area contributed by atoms with E-state index in [1.807, 2.05) is 24.3 Å². The number of fused-ring (bicyclic) bond motifs is 15. The Bertz CT molecular complexity index is 4290. The SMILES string of the molecule is c1ccc2c(c1)-c1cc3ccccc3cc1CCC2c1c(-c2nc(-c3cccc4oc5ccccc5c34)nc(-c3cccc4sc5ccccc5c34)n2)c2ccccc2c2oc3ccccc3c12. The van der Waals surface area contributed by atoms with Gasteiger partial charge in [0.15, 0.2) is 17.5 Å². The fourth-order valence-corrected chi connectivity index (χ4v) is 12.6. The summed E-state index contributed by atoms with van der Waals surface area (Å²) in [7, 11) is 0. The molecule has 1 aliphatic rings. The van der Waals surface area contributed by atoms with Crippen molar-refractivity contribution in [2.24, 2.45) is 0 Å². The van der Waals surface area contributed by atoms with Crippen LogP contribution in [0, 0.1) is 0 Å². The van der Waals surface area contributed by atoms with Crippen molar-refractivity contribution >= 4 is 96.9 Å². The molecule has 0 N–H and O–H groups in total. The lowest BCUT2D eigenvalue weighted by molar-refractivity contribution is 0.669. The molecule has 0 saturated carbocycles. The third-order valence-corrected chi connectivity index (χ3v) is 15.5. The first-order valence-electron chi connectivity index (χ1n) is 23.3. The maximum Gasteiger partial charge on any atom is 0.165 e. The van der Waals surface area contributed by atoms with Gasteiger partial charge in [0.1, 0.15) is 22.3 Å². The first kappa shape index (κ1) is 37.7. The summed E-state index contributed by atoms with van der Waals surface area (Å²) in [5.41, 5.74) is 12.6. The molecule has 0 aliphatic heterocycles. The second kappa shape index (κ2) is 14.5. The van der Waals surface area contributed by atoms with Crippen LogP contribution >= 0.6 is 11.3 Å². The molecule has 1 aliphatic carbocycles. The van der Waals surface area contributed by atoms with Crippen molar-refractivity contribution < 1.29 is 8.83 Å². The van der Waals surface area contributed by atoms with E-state index in [4.69, 9.17) is 23.8 Å². The summed E-state index contributed by atoms with van der Waals surface area (Å²) < 4.78 is 15.9. The van der Waals surface area contributed by atoms with Crippen molar-refractivity contribution in [1.82, 2.24) is 15.0 Å². The van der Waals surface area contributed by atoms with Crippen LogP contribution < -0.4 is 0 Å². The maximum absolute atomic E-state index is 7.01. The maximum atomic E-state index is 7.01. The first-order chi connectivity index (χ1) is 33.7. The second-order valence-corrected chi connectivity index (χ2v) is 19.1. The summed E-state index contributed by atoms with van der Waals surface area (Å²) in [5, 5.41) is 11.1. The van der Waals surface area contributed by atoms with E-state index in [1.165, 1.54) is 53.4 Å². The molecule has 318 valence electrons. The van der Waals surface area contributed by atoms with Crippen LogP contribution in [0.2, 0.25) is 0 Å². The van der Waals surface area contributed by atoms with Crippen molar-refractivity contribution in [3.63, 3.8) is 0 Å². The molecule has 0 amide bonds. The molecule has 0 saturated heterocycles. The molecule has 0 bridgehead atoms. The van der Waals surface area contributed by atoms with Crippen molar-refractivity contribution in [1.29, 1.82) is 0 Å². The molecular formula is C62H37N3O2S. The smallest absolute Gasteiger partial charge is 0.165 e. The number of thiophene rings is 1. The topological polar surface area (TPSA) is 65.0 Å². The number of nitrogens with zero attached hydrogens (tertiary/aromatic N) is 3. The van der Waals surface area contributed by atoms with Crippen LogP contribution in [0.3, 0.4) is 0 Å². The van der Waals surface area contributed by atoms with Gasteiger partial charge in [-0.05, 0) is 93.2 Å². The lowest BCUT2D eigenvalue weighted by Crippen LogP contribution is -2.08. The number of furan rings is 2. The Balaban J connectivity index is 1.09. The van der Waals surface area contributed by atoms with E-state index in [0.717, 1.165) is 89.6 Å². The van der Waals surface area contributed by atoms with Crippen molar-refractivity contribution in [2.45, 2.75) is 18.8 Å². The van der Waals surface area contributed by atoms with Crippen LogP contribution in [0.25, 0.3) is 131 Å². The molecule has 10 aromatic carbocycles. The third kappa shape index (κ3) is 5.52. The summed E-state index contributed by atoms with van der Waals surface area (Å²) in [4.78, 5) is 17.0. The van der Waals surface area contributed by atoms with Gasteiger partial charge in [0.05, 0.1) is 0 Å². The molecule has 0 radical (unpaired) electrons. The number of benzene rings is 10. The molecular weight excluding hydrogens is 851 g/mol. The molecule has 0 spiro atoms. The molecule has 6 heteroatoms. The summed E-state index contributed by atoms with van der Waals surface area (Å²) >= 11 is 1.80. The van der Waals surface area contributed by atoms with Gasteiger partial charge in [-0.15, -0.1) is 11.3 Å². The monoisotopic (exact) mass is 887 g/mol. The quantitative estimate of drug-likeness (QED) is 0.176. The molecule has 68 heavy (non-hydrogen) atoms. The van der Waals surface area contributed by atoms with Gasteiger partial charge in [-0.1, -0.05) is 158 Å². The van der Waals surface area contributed by atoms with E-state index < -0.39 is 0 Å². The number of aryl methyl sites for hydroxylation is 1. The lowest BCUT2D eigenvalue weighted by atomic mass is 9.79. The van der Waals surface area contributed by atoms with E-state index in [2.05, 4.69) is 170 Å². The van der Waals surface area contributed by atoms with Crippen molar-refractivity contribution in [3.8, 4) is 45.3 Å². The number of rotatable bonds is 4. The van der Waals surface area contributed by atoms with Crippen LogP contribution in [0.15, 0.2) is 203 Å². The highest BCUT2D eigenvalue weighted by molar-refractivity contribution is 7.25. The zero-order valence-corrected chi connectivity index (χ0v) is 37.3. The zero-order chi connectivity index (χ0) is 44.5. The van der Waals surface area contributed by atoms with E-state index >= 15 is 0 Å². The minimum atomic E-state index is -0.0565. The van der Waals surface area contributed by atoms with Gasteiger partial charge in [0, 0.05) is 69.7 Å². The predicted octanol–water partition coefficient (Wildman–Crippen LogP) is 17.1. The Kier molecular flexibility index (Phi) is 8.06. The highest BCUT2D eigenvalue weighted by Gasteiger charge is 2.33. The summed E-state index contributed by atoms with van der Waals surface area (Å²) in [6.07, 6.45) is 1.76. The minimum absolute atomic E-state index is 0.0565. The number of aromatic nitrogens is 3. The molecule has 4 aromatic heterocycles. The Labute approximate surface area is 393 Å². The normalized spacial score (nSPS) is 13.9. The van der Waals surface area contributed by atoms with Crippen molar-refractivity contribution in [2.75, 3.05) is 0 Å². The van der Waals surface area contributed by atoms with Crippen LogP contribution in [-0.4, -0.2) is 15.0 Å². The second-order valence-electron chi connectivity index (χ2n) is 18.0. The van der Waals surface area contributed by atoms with Gasteiger partial charge in [-0.3, -0.25) is 0 Å². The molecule has 4 heterocycles. The van der Waals surface area contributed by atoms with Gasteiger partial charge in [0.2, 0.25) is 0 Å². The summed E-state index contributed by atoms with van der Waals surface area (Å²) in [5.74, 6) is 1.77. The van der Waals surface area contributed by atoms with E-state index in [0.29, 0.717) is 17.5 Å². The lowest BCUT2D eigenvalue weighted by Gasteiger charge is -2.24. The Morgan fingerprint density at radius 2 is 0.985 bits per heavy atom. The van der Waals surface area contributed by atoms with Gasteiger partial charge >= 0.3 is 0 Å². The molecule has 0 fully saturated rings. The number of hydrogen-bond acceptors (Lipinski definition) is 6. The van der Waals surface area contributed by atoms with Crippen LogP contribution in [0.4, 0.5) is 0 Å². The Morgan fingerprint density at radius 1 is 0.412 bits per heavy atom. The highest BCUT2D eigenvalue weighted by Crippen LogP contribution is 2.52. The predicted molar refractivity (Wildman–Crippen MR) is 281 cm³/mol. The van der Waals surface area contributed by atoms with Crippen LogP contribution in [0.5, 0.6) is 0 Å². The van der Waals surface area contributed by atoms with Gasteiger partial charge in [-0.25, -0.2) is 15.0 Å². The van der Waals surface area contributed by atoms with Gasteiger partial charge < -0.3 is 8.83 Å². The average Bonchev–Trinajstić information content (AvgIpc) is 4.07. The highest BCUT2D eigenvalue weighted by atomic mass is 32.1. The molecule has 15 rings (SSSR count). The van der Waals surface area contributed by atoms with Gasteiger partial charge in [0.25, 0.3) is 0 Å². The fraction of sp³-hybridized carbons (Fsp3) is 0.0484. The van der Waals surface area contributed by atoms with E-state index in [9.17, 15) is 0 Å². The third-order valence-electron chi connectivity index (χ3n) is 14.4. The van der Waals surface area contributed by atoms with Crippen LogP contribution in [0.1, 0.15) is 29.0 Å². The first-order valence-corrected chi connectivity index (χ1v) is 24.1. The largest absolute Gasteiger partial charge is 0.456 e. The van der Waals surface area contributed by atoms with E-state index in [-0.39, 0.29) is 5.92 Å². The molecule has 1 atom stereocenters. The number of para-hydroxylation sites is 2. The van der Waals surface area contributed by atoms with Gasteiger partial charge in [-0.2, -0.15) is 0 Å². The Morgan fingerprint density at radius 3 is 1.81 bits per heavy atom. The standard InChI is InChI=1S/C62H37N3O2S/c1-2-16-36-34-48-37(33-35(36)15-1)31-32-41(38-17-3-4-18-39(38)48)56-57-44-22-8-11-27-50(44)67-59(57)42-20-6-5-19-40(42)58(56)62-64-60(46-24-13-28-51-54(46)43-21-7-10-26-49(43)66-51)63-61(65-62)47-25-14-30-53-55(47)45-23-9-12-29-52(45)68-53/h1-30,33-34,41H,31-32H2. The molecule has 1 unspecified atom stereocenters. The molecule has 5 nitrogen and oxygen atoms in total. The summed E-state index contributed by atoms with van der Waals surface area (Å²) in [6, 6.07) is 69.3. The Hall–Kier alpha value is -8.45. The van der Waals surface area contributed by atoms with Crippen molar-refractivity contribution in [3.05, 3.63) is 211 Å². The molecule has 14 aromatic rings. The average molecular weight is 888 g/mol. The zero-order valence-electron chi connectivity index (χ0n) is 36.5. The minimum Gasteiger partial charge on any atom is -0.456 e. The number of hydrogen-bond donors (Lipinski definition) is 0. The van der Waals surface area contributed by atoms with E-state index in [1.54, 1.807) is 11.3 Å². The fourth-order valence-electron chi connectivity index (χ4n) is 11.5. The summed E-state index contributed by atoms with van der Waals surface area (Å²) in [6.45, 7) is 0.